The van der Waals surface area contributed by atoms with E-state index in [2.05, 4.69) is 15.6 Å². The summed E-state index contributed by atoms with van der Waals surface area (Å²) in [4.78, 5) is 16.3. The normalized spacial score (nSPS) is 13.5. The summed E-state index contributed by atoms with van der Waals surface area (Å²) in [6.07, 6.45) is 4.51. The minimum absolute atomic E-state index is 0.0828. The number of nitrogens with zero attached hydrogens (tertiary/aromatic N) is 1. The number of anilines is 2. The topological polar surface area (TPSA) is 63.2 Å². The molecular weight excluding hydrogens is 278 g/mol. The Morgan fingerprint density at radius 3 is 2.59 bits per heavy atom. The largest absolute Gasteiger partial charge is 0.497 e. The van der Waals surface area contributed by atoms with E-state index in [9.17, 15) is 4.79 Å². The molecule has 1 amide bonds. The lowest BCUT2D eigenvalue weighted by molar-refractivity contribution is -0.115. The number of methoxy groups -OCH3 is 1. The number of aromatic nitrogens is 1. The zero-order chi connectivity index (χ0) is 15.4. The van der Waals surface area contributed by atoms with Gasteiger partial charge in [0.05, 0.1) is 25.4 Å². The van der Waals surface area contributed by atoms with Gasteiger partial charge >= 0.3 is 0 Å². The molecule has 0 radical (unpaired) electrons. The highest BCUT2D eigenvalue weighted by Gasteiger charge is 2.20. The number of amides is 1. The van der Waals surface area contributed by atoms with Gasteiger partial charge in [0.15, 0.2) is 0 Å². The van der Waals surface area contributed by atoms with Gasteiger partial charge in [0.25, 0.3) is 0 Å². The Morgan fingerprint density at radius 2 is 2.00 bits per heavy atom. The van der Waals surface area contributed by atoms with Crippen LogP contribution in [-0.4, -0.2) is 24.0 Å². The molecule has 1 heterocycles. The lowest BCUT2D eigenvalue weighted by Gasteiger charge is -2.07. The summed E-state index contributed by atoms with van der Waals surface area (Å²) in [5.74, 6) is 1.27. The number of pyridine rings is 1. The molecule has 1 saturated carbocycles. The second kappa shape index (κ2) is 6.47. The smallest absolute Gasteiger partial charge is 0.229 e. The van der Waals surface area contributed by atoms with Gasteiger partial charge in [0.2, 0.25) is 5.91 Å². The van der Waals surface area contributed by atoms with Gasteiger partial charge in [0, 0.05) is 6.04 Å². The molecule has 0 bridgehead atoms. The predicted molar refractivity (Wildman–Crippen MR) is 86.2 cm³/mol. The van der Waals surface area contributed by atoms with Crippen LogP contribution in [0.3, 0.4) is 0 Å². The van der Waals surface area contributed by atoms with E-state index in [1.54, 1.807) is 13.3 Å². The minimum atomic E-state index is -0.0828. The Morgan fingerprint density at radius 1 is 1.23 bits per heavy atom. The van der Waals surface area contributed by atoms with Crippen molar-refractivity contribution >= 4 is 17.4 Å². The highest BCUT2D eigenvalue weighted by Crippen LogP contribution is 2.24. The second-order valence-electron chi connectivity index (χ2n) is 5.42. The molecule has 5 nitrogen and oxygen atoms in total. The molecule has 1 aliphatic rings. The molecule has 0 atom stereocenters. The van der Waals surface area contributed by atoms with E-state index in [0.29, 0.717) is 18.3 Å². The first-order valence-corrected chi connectivity index (χ1v) is 7.38. The predicted octanol–water partition coefficient (Wildman–Crippen LogP) is 2.85. The van der Waals surface area contributed by atoms with Crippen molar-refractivity contribution < 1.29 is 9.53 Å². The van der Waals surface area contributed by atoms with Gasteiger partial charge in [-0.1, -0.05) is 12.1 Å². The van der Waals surface area contributed by atoms with E-state index in [1.807, 2.05) is 36.4 Å². The van der Waals surface area contributed by atoms with E-state index in [0.717, 1.165) is 17.0 Å². The molecule has 1 aromatic heterocycles. The Balaban J connectivity index is 1.53. The maximum atomic E-state index is 12.0. The van der Waals surface area contributed by atoms with Crippen molar-refractivity contribution in [2.45, 2.75) is 25.3 Å². The molecule has 0 saturated heterocycles. The maximum Gasteiger partial charge on any atom is 0.229 e. The van der Waals surface area contributed by atoms with Gasteiger partial charge < -0.3 is 15.4 Å². The fourth-order valence-electron chi connectivity index (χ4n) is 2.13. The van der Waals surface area contributed by atoms with E-state index >= 15 is 0 Å². The number of ether oxygens (including phenoxy) is 1. The van der Waals surface area contributed by atoms with Crippen LogP contribution < -0.4 is 15.4 Å². The fourth-order valence-corrected chi connectivity index (χ4v) is 2.13. The first kappa shape index (κ1) is 14.4. The van der Waals surface area contributed by atoms with Crippen LogP contribution in [-0.2, 0) is 11.2 Å². The zero-order valence-corrected chi connectivity index (χ0v) is 12.5. The molecule has 5 heteroatoms. The van der Waals surface area contributed by atoms with Crippen LogP contribution in [0.2, 0.25) is 0 Å². The van der Waals surface area contributed by atoms with Crippen LogP contribution in [0.25, 0.3) is 0 Å². The molecule has 1 aromatic carbocycles. The fraction of sp³-hybridized carbons (Fsp3) is 0.294. The summed E-state index contributed by atoms with van der Waals surface area (Å²) in [5.41, 5.74) is 1.93. The van der Waals surface area contributed by atoms with Crippen LogP contribution in [0.15, 0.2) is 42.6 Å². The first-order chi connectivity index (χ1) is 10.7. The van der Waals surface area contributed by atoms with Crippen LogP contribution >= 0.6 is 0 Å². The summed E-state index contributed by atoms with van der Waals surface area (Å²) < 4.78 is 5.10. The average molecular weight is 297 g/mol. The summed E-state index contributed by atoms with van der Waals surface area (Å²) in [6, 6.07) is 11.8. The molecule has 114 valence electrons. The van der Waals surface area contributed by atoms with E-state index in [-0.39, 0.29) is 5.91 Å². The van der Waals surface area contributed by atoms with Gasteiger partial charge in [-0.25, -0.2) is 4.98 Å². The van der Waals surface area contributed by atoms with Crippen molar-refractivity contribution in [3.63, 3.8) is 0 Å². The highest BCUT2D eigenvalue weighted by atomic mass is 16.5. The lowest BCUT2D eigenvalue weighted by atomic mass is 10.1. The molecule has 2 aromatic rings. The Kier molecular flexibility index (Phi) is 4.23. The zero-order valence-electron chi connectivity index (χ0n) is 12.5. The van der Waals surface area contributed by atoms with E-state index < -0.39 is 0 Å². The Bertz CT molecular complexity index is 634. The first-order valence-electron chi connectivity index (χ1n) is 7.38. The van der Waals surface area contributed by atoms with Crippen molar-refractivity contribution in [2.75, 3.05) is 17.7 Å². The SMILES string of the molecule is COc1ccc(CC(=O)Nc2ccc(NC3CC3)cn2)cc1. The van der Waals surface area contributed by atoms with Crippen LogP contribution in [0, 0.1) is 0 Å². The van der Waals surface area contributed by atoms with E-state index in [4.69, 9.17) is 4.74 Å². The van der Waals surface area contributed by atoms with Crippen molar-refractivity contribution in [1.82, 2.24) is 4.98 Å². The summed E-state index contributed by atoms with van der Waals surface area (Å²) in [6.45, 7) is 0. The number of nitrogens with one attached hydrogen (secondary N) is 2. The standard InChI is InChI=1S/C17H19N3O2/c1-22-15-7-2-12(3-8-15)10-17(21)20-16-9-6-14(11-18-16)19-13-4-5-13/h2-3,6-9,11,13,19H,4-5,10H2,1H3,(H,18,20,21). The Hall–Kier alpha value is -2.56. The second-order valence-corrected chi connectivity index (χ2v) is 5.42. The molecule has 0 unspecified atom stereocenters. The van der Waals surface area contributed by atoms with Crippen molar-refractivity contribution in [2.24, 2.45) is 0 Å². The van der Waals surface area contributed by atoms with Crippen LogP contribution in [0.1, 0.15) is 18.4 Å². The third-order valence-corrected chi connectivity index (χ3v) is 3.50. The maximum absolute atomic E-state index is 12.0. The van der Waals surface area contributed by atoms with Gasteiger partial charge in [-0.2, -0.15) is 0 Å². The highest BCUT2D eigenvalue weighted by molar-refractivity contribution is 5.91. The van der Waals surface area contributed by atoms with E-state index in [1.165, 1.54) is 12.8 Å². The van der Waals surface area contributed by atoms with Gasteiger partial charge in [-0.3, -0.25) is 4.79 Å². The van der Waals surface area contributed by atoms with Crippen molar-refractivity contribution in [3.05, 3.63) is 48.2 Å². The minimum Gasteiger partial charge on any atom is -0.497 e. The number of hydrogen-bond donors (Lipinski definition) is 2. The third-order valence-electron chi connectivity index (χ3n) is 3.50. The number of carbonyl (C=O) groups is 1. The number of rotatable bonds is 6. The molecule has 3 rings (SSSR count). The monoisotopic (exact) mass is 297 g/mol. The molecule has 1 aliphatic carbocycles. The lowest BCUT2D eigenvalue weighted by Crippen LogP contribution is -2.15. The quantitative estimate of drug-likeness (QED) is 0.860. The summed E-state index contributed by atoms with van der Waals surface area (Å²) in [5, 5.41) is 6.17. The van der Waals surface area contributed by atoms with Crippen LogP contribution in [0.5, 0.6) is 5.75 Å². The molecule has 22 heavy (non-hydrogen) atoms. The molecule has 2 N–H and O–H groups in total. The Labute approximate surface area is 129 Å². The molecule has 0 spiro atoms. The summed E-state index contributed by atoms with van der Waals surface area (Å²) in [7, 11) is 1.62. The van der Waals surface area contributed by atoms with Gasteiger partial charge in [-0.15, -0.1) is 0 Å². The average Bonchev–Trinajstić information content (AvgIpc) is 3.34. The van der Waals surface area contributed by atoms with Crippen molar-refractivity contribution in [1.29, 1.82) is 0 Å². The third kappa shape index (κ3) is 3.97. The van der Waals surface area contributed by atoms with Crippen LogP contribution in [0.4, 0.5) is 11.5 Å². The number of benzene rings is 1. The summed E-state index contributed by atoms with van der Waals surface area (Å²) >= 11 is 0. The molecular formula is C17H19N3O2. The van der Waals surface area contributed by atoms with Gasteiger partial charge in [0.1, 0.15) is 11.6 Å². The van der Waals surface area contributed by atoms with Crippen molar-refractivity contribution in [3.8, 4) is 5.75 Å². The number of hydrogen-bond acceptors (Lipinski definition) is 4. The molecule has 1 fully saturated rings. The number of carbonyl (C=O) groups excluding carboxylic acids is 1. The molecule has 0 aliphatic heterocycles. The van der Waals surface area contributed by atoms with Gasteiger partial charge in [-0.05, 0) is 42.7 Å².